The molecule has 0 aliphatic rings. The zero-order valence-electron chi connectivity index (χ0n) is 11.1. The highest BCUT2D eigenvalue weighted by Crippen LogP contribution is 2.03. The number of aromatic nitrogens is 3. The Morgan fingerprint density at radius 3 is 3.00 bits per heavy atom. The zero-order valence-corrected chi connectivity index (χ0v) is 11.1. The molecule has 0 amide bonds. The van der Waals surface area contributed by atoms with Crippen molar-refractivity contribution in [1.82, 2.24) is 20.3 Å². The number of rotatable bonds is 6. The molecule has 0 saturated carbocycles. The van der Waals surface area contributed by atoms with Crippen LogP contribution in [-0.2, 0) is 6.54 Å². The molecule has 0 radical (unpaired) electrons. The predicted octanol–water partition coefficient (Wildman–Crippen LogP) is 1.35. The molecule has 100 valence electrons. The maximum atomic E-state index is 12.2. The van der Waals surface area contributed by atoms with E-state index >= 15 is 0 Å². The van der Waals surface area contributed by atoms with E-state index in [4.69, 9.17) is 0 Å². The maximum Gasteiger partial charge on any atom is 0.277 e. The molecule has 0 unspecified atom stereocenters. The summed E-state index contributed by atoms with van der Waals surface area (Å²) in [5.41, 5.74) is 1.42. The highest BCUT2D eigenvalue weighted by Gasteiger charge is 2.05. The van der Waals surface area contributed by atoms with Gasteiger partial charge in [0, 0.05) is 6.54 Å². The van der Waals surface area contributed by atoms with Crippen LogP contribution < -0.4 is 10.9 Å². The van der Waals surface area contributed by atoms with Crippen molar-refractivity contribution in [3.63, 3.8) is 0 Å². The third-order valence-electron chi connectivity index (χ3n) is 2.80. The van der Waals surface area contributed by atoms with Crippen molar-refractivity contribution in [3.8, 4) is 0 Å². The van der Waals surface area contributed by atoms with Crippen LogP contribution in [0, 0.1) is 0 Å². The van der Waals surface area contributed by atoms with Crippen LogP contribution in [0.4, 0.5) is 0 Å². The second-order valence-electron chi connectivity index (χ2n) is 4.50. The second kappa shape index (κ2) is 6.24. The Labute approximate surface area is 111 Å². The molecule has 0 aliphatic heterocycles. The third kappa shape index (κ3) is 3.26. The van der Waals surface area contributed by atoms with Crippen LogP contribution in [0.25, 0.3) is 10.9 Å². The summed E-state index contributed by atoms with van der Waals surface area (Å²) < 4.78 is 1.36. The minimum Gasteiger partial charge on any atom is -0.313 e. The molecule has 0 aliphatic carbocycles. The van der Waals surface area contributed by atoms with E-state index in [1.54, 1.807) is 12.1 Å². The van der Waals surface area contributed by atoms with Crippen molar-refractivity contribution in [2.45, 2.75) is 19.9 Å². The highest BCUT2D eigenvalue weighted by molar-refractivity contribution is 5.76. The molecule has 0 fully saturated rings. The summed E-state index contributed by atoms with van der Waals surface area (Å²) in [6, 6.07) is 7.22. The van der Waals surface area contributed by atoms with Gasteiger partial charge in [-0.1, -0.05) is 30.8 Å². The van der Waals surface area contributed by atoms with E-state index in [9.17, 15) is 4.79 Å². The fourth-order valence-electron chi connectivity index (χ4n) is 1.84. The Kier molecular flexibility index (Phi) is 4.41. The third-order valence-corrected chi connectivity index (χ3v) is 2.80. The summed E-state index contributed by atoms with van der Waals surface area (Å²) in [4.78, 5) is 12.2. The number of nitrogens with zero attached hydrogens (tertiary/aromatic N) is 3. The van der Waals surface area contributed by atoms with Gasteiger partial charge < -0.3 is 5.32 Å². The first-order valence-electron chi connectivity index (χ1n) is 6.42. The van der Waals surface area contributed by atoms with Gasteiger partial charge in [0.1, 0.15) is 5.52 Å². The average molecular weight is 258 g/mol. The lowest BCUT2D eigenvalue weighted by atomic mass is 10.2. The summed E-state index contributed by atoms with van der Waals surface area (Å²) in [5, 5.41) is 11.8. The van der Waals surface area contributed by atoms with E-state index in [0.717, 1.165) is 18.5 Å². The SMILES string of the molecule is C=C(CNCCC)Cn1nnc2ccccc2c1=O. The molecule has 0 bridgehead atoms. The summed E-state index contributed by atoms with van der Waals surface area (Å²) in [6.45, 7) is 8.09. The van der Waals surface area contributed by atoms with Crippen molar-refractivity contribution in [2.24, 2.45) is 0 Å². The topological polar surface area (TPSA) is 59.8 Å². The Hall–Kier alpha value is -2.01. The minimum atomic E-state index is -0.123. The fourth-order valence-corrected chi connectivity index (χ4v) is 1.84. The lowest BCUT2D eigenvalue weighted by Gasteiger charge is -2.08. The first-order valence-corrected chi connectivity index (χ1v) is 6.42. The van der Waals surface area contributed by atoms with Gasteiger partial charge in [-0.3, -0.25) is 4.79 Å². The van der Waals surface area contributed by atoms with E-state index in [0.29, 0.717) is 24.0 Å². The van der Waals surface area contributed by atoms with Gasteiger partial charge in [-0.25, -0.2) is 4.68 Å². The van der Waals surface area contributed by atoms with Crippen LogP contribution >= 0.6 is 0 Å². The molecule has 1 heterocycles. The van der Waals surface area contributed by atoms with Crippen molar-refractivity contribution in [1.29, 1.82) is 0 Å². The van der Waals surface area contributed by atoms with Gasteiger partial charge >= 0.3 is 0 Å². The molecule has 1 N–H and O–H groups in total. The molecule has 1 aromatic carbocycles. The number of fused-ring (bicyclic) bond motifs is 1. The van der Waals surface area contributed by atoms with E-state index < -0.39 is 0 Å². The van der Waals surface area contributed by atoms with Gasteiger partial charge in [0.05, 0.1) is 11.9 Å². The second-order valence-corrected chi connectivity index (χ2v) is 4.50. The maximum absolute atomic E-state index is 12.2. The largest absolute Gasteiger partial charge is 0.313 e. The van der Waals surface area contributed by atoms with Crippen molar-refractivity contribution in [2.75, 3.05) is 13.1 Å². The first kappa shape index (κ1) is 13.4. The first-order chi connectivity index (χ1) is 9.22. The lowest BCUT2D eigenvalue weighted by Crippen LogP contribution is -2.27. The fraction of sp³-hybridized carbons (Fsp3) is 0.357. The van der Waals surface area contributed by atoms with E-state index in [1.165, 1.54) is 4.68 Å². The molecule has 19 heavy (non-hydrogen) atoms. The molecular formula is C14H18N4O. The van der Waals surface area contributed by atoms with Crippen LogP contribution in [0.1, 0.15) is 13.3 Å². The van der Waals surface area contributed by atoms with Crippen LogP contribution in [0.2, 0.25) is 0 Å². The summed E-state index contributed by atoms with van der Waals surface area (Å²) in [6.07, 6.45) is 1.07. The number of hydrogen-bond donors (Lipinski definition) is 1. The summed E-state index contributed by atoms with van der Waals surface area (Å²) in [7, 11) is 0. The van der Waals surface area contributed by atoms with Gasteiger partial charge in [-0.15, -0.1) is 5.10 Å². The summed E-state index contributed by atoms with van der Waals surface area (Å²) in [5.74, 6) is 0. The number of nitrogens with one attached hydrogen (secondary N) is 1. The standard InChI is InChI=1S/C14H18N4O/c1-3-8-15-9-11(2)10-18-14(19)12-6-4-5-7-13(12)16-17-18/h4-7,15H,2-3,8-10H2,1H3. The Morgan fingerprint density at radius 1 is 1.42 bits per heavy atom. The van der Waals surface area contributed by atoms with Crippen LogP contribution in [0.15, 0.2) is 41.2 Å². The molecule has 2 aromatic rings. The van der Waals surface area contributed by atoms with Gasteiger partial charge in [-0.2, -0.15) is 0 Å². The number of benzene rings is 1. The molecular weight excluding hydrogens is 240 g/mol. The van der Waals surface area contributed by atoms with Gasteiger partial charge in [-0.05, 0) is 30.7 Å². The summed E-state index contributed by atoms with van der Waals surface area (Å²) >= 11 is 0. The smallest absolute Gasteiger partial charge is 0.277 e. The van der Waals surface area contributed by atoms with E-state index in [-0.39, 0.29) is 5.56 Å². The Balaban J connectivity index is 2.15. The molecule has 5 nitrogen and oxygen atoms in total. The quantitative estimate of drug-likeness (QED) is 0.627. The number of hydrogen-bond acceptors (Lipinski definition) is 4. The van der Waals surface area contributed by atoms with Crippen molar-refractivity contribution in [3.05, 3.63) is 46.8 Å². The average Bonchev–Trinajstić information content (AvgIpc) is 2.43. The molecule has 2 rings (SSSR count). The normalized spacial score (nSPS) is 10.8. The Bertz CT molecular complexity index is 633. The molecule has 5 heteroatoms. The van der Waals surface area contributed by atoms with Gasteiger partial charge in [0.2, 0.25) is 0 Å². The molecule has 1 aromatic heterocycles. The van der Waals surface area contributed by atoms with Gasteiger partial charge in [0.25, 0.3) is 5.56 Å². The van der Waals surface area contributed by atoms with Crippen LogP contribution in [0.5, 0.6) is 0 Å². The van der Waals surface area contributed by atoms with Crippen LogP contribution in [0.3, 0.4) is 0 Å². The highest BCUT2D eigenvalue weighted by atomic mass is 16.1. The molecule has 0 spiro atoms. The van der Waals surface area contributed by atoms with E-state index in [2.05, 4.69) is 29.1 Å². The van der Waals surface area contributed by atoms with Crippen molar-refractivity contribution < 1.29 is 0 Å². The van der Waals surface area contributed by atoms with Gasteiger partial charge in [0.15, 0.2) is 0 Å². The molecule has 0 atom stereocenters. The lowest BCUT2D eigenvalue weighted by molar-refractivity contribution is 0.576. The molecule has 0 saturated heterocycles. The predicted molar refractivity (Wildman–Crippen MR) is 76.1 cm³/mol. The van der Waals surface area contributed by atoms with E-state index in [1.807, 2.05) is 12.1 Å². The minimum absolute atomic E-state index is 0.123. The monoisotopic (exact) mass is 258 g/mol. The van der Waals surface area contributed by atoms with Crippen LogP contribution in [-0.4, -0.2) is 28.1 Å². The Morgan fingerprint density at radius 2 is 2.21 bits per heavy atom. The zero-order chi connectivity index (χ0) is 13.7. The van der Waals surface area contributed by atoms with Crippen molar-refractivity contribution >= 4 is 10.9 Å².